The van der Waals surface area contributed by atoms with Gasteiger partial charge >= 0.3 is 0 Å². The average molecular weight is 416 g/mol. The molecule has 0 bridgehead atoms. The Labute approximate surface area is 170 Å². The van der Waals surface area contributed by atoms with E-state index in [2.05, 4.69) is 10.0 Å². The third kappa shape index (κ3) is 4.71. The molecule has 2 aromatic rings. The fraction of sp³-hybridized carbons (Fsp3) is 0.381. The van der Waals surface area contributed by atoms with Crippen LogP contribution in [0.3, 0.4) is 0 Å². The highest BCUT2D eigenvalue weighted by molar-refractivity contribution is 7.88. The molecule has 1 amide bonds. The number of hydrogen-bond acceptors (Lipinski definition) is 5. The number of fused-ring (bicyclic) bond motifs is 1. The van der Waals surface area contributed by atoms with Crippen LogP contribution >= 0.6 is 0 Å². The summed E-state index contributed by atoms with van der Waals surface area (Å²) in [6.07, 6.45) is 5.64. The summed E-state index contributed by atoms with van der Waals surface area (Å²) in [7, 11) is -3.20. The van der Waals surface area contributed by atoms with Crippen molar-refractivity contribution in [1.82, 2.24) is 4.72 Å². The van der Waals surface area contributed by atoms with E-state index in [1.54, 1.807) is 24.3 Å². The van der Waals surface area contributed by atoms with Gasteiger partial charge in [-0.05, 0) is 49.1 Å². The highest BCUT2D eigenvalue weighted by Crippen LogP contribution is 2.47. The summed E-state index contributed by atoms with van der Waals surface area (Å²) in [4.78, 5) is 12.5. The van der Waals surface area contributed by atoms with E-state index < -0.39 is 15.8 Å². The first-order chi connectivity index (χ1) is 13.8. The molecule has 1 heterocycles. The summed E-state index contributed by atoms with van der Waals surface area (Å²) in [5.74, 6) is 0.642. The van der Waals surface area contributed by atoms with E-state index in [0.29, 0.717) is 30.0 Å². The van der Waals surface area contributed by atoms with Crippen molar-refractivity contribution < 1.29 is 22.7 Å². The molecule has 1 fully saturated rings. The highest BCUT2D eigenvalue weighted by atomic mass is 32.2. The third-order valence-electron chi connectivity index (χ3n) is 5.15. The number of amides is 1. The van der Waals surface area contributed by atoms with Gasteiger partial charge in [-0.15, -0.1) is 0 Å². The molecule has 0 saturated heterocycles. The minimum Gasteiger partial charge on any atom is -0.448 e. The zero-order valence-corrected chi connectivity index (χ0v) is 17.1. The number of carbonyl (C=O) groups excluding carboxylic acids is 1. The van der Waals surface area contributed by atoms with E-state index >= 15 is 0 Å². The van der Waals surface area contributed by atoms with Crippen LogP contribution in [0.1, 0.15) is 41.6 Å². The molecule has 7 nitrogen and oxygen atoms in total. The number of carbonyl (C=O) groups is 1. The molecule has 1 aliphatic carbocycles. The van der Waals surface area contributed by atoms with Crippen molar-refractivity contribution in [3.8, 4) is 11.5 Å². The number of nitrogens with one attached hydrogen (secondary N) is 2. The summed E-state index contributed by atoms with van der Waals surface area (Å²) in [5.41, 5.74) is 2.12. The lowest BCUT2D eigenvalue weighted by molar-refractivity contribution is -0.0716. The van der Waals surface area contributed by atoms with Crippen molar-refractivity contribution in [3.05, 3.63) is 53.6 Å². The largest absolute Gasteiger partial charge is 0.448 e. The van der Waals surface area contributed by atoms with E-state index in [0.717, 1.165) is 43.3 Å². The van der Waals surface area contributed by atoms with Crippen LogP contribution in [0.4, 0.5) is 5.69 Å². The number of benzene rings is 2. The SMILES string of the molecule is CS(=O)(=O)NCCc1ccc(C(=O)Nc2ccc3c(c2)OC2(CCCC2)O3)cc1. The number of sulfonamides is 1. The predicted molar refractivity (Wildman–Crippen MR) is 110 cm³/mol. The van der Waals surface area contributed by atoms with Crippen LogP contribution in [0, 0.1) is 0 Å². The third-order valence-corrected chi connectivity index (χ3v) is 5.88. The van der Waals surface area contributed by atoms with Crippen LogP contribution in [0.15, 0.2) is 42.5 Å². The predicted octanol–water partition coefficient (Wildman–Crippen LogP) is 3.07. The Hall–Kier alpha value is -2.58. The van der Waals surface area contributed by atoms with Gasteiger partial charge in [-0.25, -0.2) is 13.1 Å². The topological polar surface area (TPSA) is 93.7 Å². The smallest absolute Gasteiger partial charge is 0.255 e. The molecule has 2 aromatic carbocycles. The Kier molecular flexibility index (Phi) is 5.23. The van der Waals surface area contributed by atoms with Gasteiger partial charge in [-0.2, -0.15) is 0 Å². The molecule has 2 aliphatic rings. The quantitative estimate of drug-likeness (QED) is 0.755. The Morgan fingerprint density at radius 3 is 2.41 bits per heavy atom. The van der Waals surface area contributed by atoms with Gasteiger partial charge in [0.25, 0.3) is 11.7 Å². The van der Waals surface area contributed by atoms with Crippen molar-refractivity contribution in [2.45, 2.75) is 37.9 Å². The standard InChI is InChI=1S/C21H24N2O5S/c1-29(25,26)22-13-10-15-4-6-16(7-5-15)20(24)23-17-8-9-18-19(14-17)28-21(27-18)11-2-3-12-21/h4-9,14,22H,2-3,10-13H2,1H3,(H,23,24). The maximum Gasteiger partial charge on any atom is 0.255 e. The van der Waals surface area contributed by atoms with Crippen LogP contribution in [-0.2, 0) is 16.4 Å². The number of hydrogen-bond donors (Lipinski definition) is 2. The molecular formula is C21H24N2O5S. The number of anilines is 1. The summed E-state index contributed by atoms with van der Waals surface area (Å²) in [6, 6.07) is 12.5. The van der Waals surface area contributed by atoms with Gasteiger partial charge < -0.3 is 14.8 Å². The average Bonchev–Trinajstić information content (AvgIpc) is 3.27. The second-order valence-electron chi connectivity index (χ2n) is 7.55. The maximum absolute atomic E-state index is 12.5. The minimum atomic E-state index is -3.20. The van der Waals surface area contributed by atoms with Crippen molar-refractivity contribution in [2.24, 2.45) is 0 Å². The van der Waals surface area contributed by atoms with Crippen LogP contribution in [0.5, 0.6) is 11.5 Å². The molecule has 1 aliphatic heterocycles. The summed E-state index contributed by atoms with van der Waals surface area (Å²) >= 11 is 0. The van der Waals surface area contributed by atoms with Gasteiger partial charge in [0.1, 0.15) is 0 Å². The Bertz CT molecular complexity index is 1010. The Morgan fingerprint density at radius 1 is 1.03 bits per heavy atom. The van der Waals surface area contributed by atoms with Gasteiger partial charge in [0.2, 0.25) is 10.0 Å². The summed E-state index contributed by atoms with van der Waals surface area (Å²) < 4.78 is 36.7. The van der Waals surface area contributed by atoms with Crippen molar-refractivity contribution in [2.75, 3.05) is 18.1 Å². The molecule has 0 atom stereocenters. The Morgan fingerprint density at radius 2 is 1.72 bits per heavy atom. The van der Waals surface area contributed by atoms with Gasteiger partial charge in [-0.3, -0.25) is 4.79 Å². The van der Waals surface area contributed by atoms with Crippen molar-refractivity contribution >= 4 is 21.6 Å². The number of rotatable bonds is 6. The molecule has 0 aromatic heterocycles. The fourth-order valence-electron chi connectivity index (χ4n) is 3.70. The normalized spacial score (nSPS) is 16.9. The highest BCUT2D eigenvalue weighted by Gasteiger charge is 2.44. The molecule has 2 N–H and O–H groups in total. The second-order valence-corrected chi connectivity index (χ2v) is 9.38. The summed E-state index contributed by atoms with van der Waals surface area (Å²) in [6.45, 7) is 0.322. The second kappa shape index (κ2) is 7.68. The van der Waals surface area contributed by atoms with Crippen LogP contribution in [0.2, 0.25) is 0 Å². The Balaban J connectivity index is 1.36. The van der Waals surface area contributed by atoms with Gasteiger partial charge in [0, 0.05) is 36.7 Å². The van der Waals surface area contributed by atoms with E-state index in [1.807, 2.05) is 18.2 Å². The van der Waals surface area contributed by atoms with Crippen molar-refractivity contribution in [1.29, 1.82) is 0 Å². The molecule has 29 heavy (non-hydrogen) atoms. The lowest BCUT2D eigenvalue weighted by Crippen LogP contribution is -2.34. The molecule has 1 spiro atoms. The van der Waals surface area contributed by atoms with Gasteiger partial charge in [0.05, 0.1) is 6.26 Å². The maximum atomic E-state index is 12.5. The fourth-order valence-corrected chi connectivity index (χ4v) is 4.17. The first-order valence-electron chi connectivity index (χ1n) is 9.69. The van der Waals surface area contributed by atoms with Crippen molar-refractivity contribution in [3.63, 3.8) is 0 Å². The monoisotopic (exact) mass is 416 g/mol. The van der Waals surface area contributed by atoms with E-state index in [1.165, 1.54) is 0 Å². The molecular weight excluding hydrogens is 392 g/mol. The lowest BCUT2D eigenvalue weighted by atomic mass is 10.1. The molecule has 0 radical (unpaired) electrons. The molecule has 1 saturated carbocycles. The van der Waals surface area contributed by atoms with Crippen LogP contribution in [-0.4, -0.2) is 32.9 Å². The molecule has 8 heteroatoms. The molecule has 4 rings (SSSR count). The molecule has 0 unspecified atom stereocenters. The number of ether oxygens (including phenoxy) is 2. The van der Waals surface area contributed by atoms with Gasteiger partial charge in [-0.1, -0.05) is 12.1 Å². The molecule has 154 valence electrons. The minimum absolute atomic E-state index is 0.222. The first kappa shape index (κ1) is 19.7. The zero-order chi connectivity index (χ0) is 20.5. The lowest BCUT2D eigenvalue weighted by Gasteiger charge is -2.21. The van der Waals surface area contributed by atoms with E-state index in [4.69, 9.17) is 9.47 Å². The van der Waals surface area contributed by atoms with Crippen LogP contribution in [0.25, 0.3) is 0 Å². The van der Waals surface area contributed by atoms with E-state index in [9.17, 15) is 13.2 Å². The van der Waals surface area contributed by atoms with E-state index in [-0.39, 0.29) is 5.91 Å². The van der Waals surface area contributed by atoms with Crippen LogP contribution < -0.4 is 19.5 Å². The first-order valence-corrected chi connectivity index (χ1v) is 11.6. The van der Waals surface area contributed by atoms with Gasteiger partial charge in [0.15, 0.2) is 11.5 Å². The summed E-state index contributed by atoms with van der Waals surface area (Å²) in [5, 5.41) is 2.88. The zero-order valence-electron chi connectivity index (χ0n) is 16.2.